The molecule has 0 aromatic carbocycles. The minimum absolute atomic E-state index is 0.369. The van der Waals surface area contributed by atoms with Crippen molar-refractivity contribution >= 4 is 29.3 Å². The van der Waals surface area contributed by atoms with E-state index in [0.717, 1.165) is 0 Å². The predicted octanol–water partition coefficient (Wildman–Crippen LogP) is 0.408. The van der Waals surface area contributed by atoms with E-state index < -0.39 is 5.41 Å². The minimum Gasteiger partial charge on any atom is -0.369 e. The molecule has 0 aliphatic heterocycles. The molecule has 0 fully saturated rings. The molecule has 6 N–H and O–H groups in total. The number of nitrogen functional groups attached to an aromatic ring is 1. The van der Waals surface area contributed by atoms with Crippen LogP contribution in [-0.2, 0) is 4.79 Å². The van der Waals surface area contributed by atoms with Crippen LogP contribution in [0.2, 0.25) is 0 Å². The second-order valence-electron chi connectivity index (χ2n) is 4.37. The molecule has 0 bridgehead atoms. The van der Waals surface area contributed by atoms with E-state index in [9.17, 15) is 4.79 Å². The maximum absolute atomic E-state index is 11.2. The molecule has 0 saturated heterocycles. The fourth-order valence-electron chi connectivity index (χ4n) is 1.08. The Morgan fingerprint density at radius 3 is 2.56 bits per heavy atom. The van der Waals surface area contributed by atoms with Gasteiger partial charge in [-0.15, -0.1) is 0 Å². The van der Waals surface area contributed by atoms with E-state index in [1.807, 2.05) is 6.26 Å². The molecule has 0 saturated carbocycles. The number of primary amides is 1. The molecule has 1 aromatic rings. The van der Waals surface area contributed by atoms with Gasteiger partial charge in [0.2, 0.25) is 5.91 Å². The lowest BCUT2D eigenvalue weighted by Crippen LogP contribution is -2.37. The van der Waals surface area contributed by atoms with Crippen LogP contribution in [0.25, 0.3) is 0 Å². The van der Waals surface area contributed by atoms with E-state index in [-0.39, 0.29) is 5.91 Å². The zero-order valence-electron chi connectivity index (χ0n) is 10.7. The summed E-state index contributed by atoms with van der Waals surface area (Å²) in [7, 11) is 0. The zero-order valence-corrected chi connectivity index (χ0v) is 11.5. The Bertz CT molecular complexity index is 414. The highest BCUT2D eigenvalue weighted by atomic mass is 32.2. The van der Waals surface area contributed by atoms with Crippen molar-refractivity contribution in [3.8, 4) is 0 Å². The smallest absolute Gasteiger partial charge is 0.224 e. The van der Waals surface area contributed by atoms with Crippen LogP contribution in [0.5, 0.6) is 0 Å². The molecule has 0 spiro atoms. The van der Waals surface area contributed by atoms with E-state index in [1.54, 1.807) is 19.9 Å². The van der Waals surface area contributed by atoms with Gasteiger partial charge in [0.15, 0.2) is 5.16 Å². The van der Waals surface area contributed by atoms with Gasteiger partial charge in [0.25, 0.3) is 0 Å². The number of aromatic nitrogens is 2. The molecule has 1 amide bonds. The van der Waals surface area contributed by atoms with E-state index in [0.29, 0.717) is 23.3 Å². The summed E-state index contributed by atoms with van der Waals surface area (Å²) in [6.45, 7) is 3.92. The average molecular weight is 270 g/mol. The SMILES string of the molecule is CSc1nc(NN)cc(NCC(C)(C)C(N)=O)n1. The number of hydrogen-bond acceptors (Lipinski definition) is 7. The Kier molecular flexibility index (Phi) is 4.74. The number of carbonyl (C=O) groups excluding carboxylic acids is 1. The second kappa shape index (κ2) is 5.87. The summed E-state index contributed by atoms with van der Waals surface area (Å²) < 4.78 is 0. The van der Waals surface area contributed by atoms with Gasteiger partial charge in [0.05, 0.1) is 5.41 Å². The third-order valence-corrected chi connectivity index (χ3v) is 2.96. The molecule has 0 unspecified atom stereocenters. The summed E-state index contributed by atoms with van der Waals surface area (Å²) in [4.78, 5) is 19.6. The zero-order chi connectivity index (χ0) is 13.8. The van der Waals surface area contributed by atoms with Crippen molar-refractivity contribution in [1.29, 1.82) is 0 Å². The number of hydrogen-bond donors (Lipinski definition) is 4. The Hall–Kier alpha value is -1.54. The first-order valence-corrected chi connectivity index (χ1v) is 6.55. The lowest BCUT2D eigenvalue weighted by atomic mass is 9.93. The van der Waals surface area contributed by atoms with E-state index in [1.165, 1.54) is 11.8 Å². The Labute approximate surface area is 110 Å². The van der Waals surface area contributed by atoms with Crippen LogP contribution in [-0.4, -0.2) is 28.7 Å². The molecule has 1 heterocycles. The quantitative estimate of drug-likeness (QED) is 0.256. The van der Waals surface area contributed by atoms with Crippen LogP contribution in [0.4, 0.5) is 11.6 Å². The number of nitrogens with one attached hydrogen (secondary N) is 2. The average Bonchev–Trinajstić information content (AvgIpc) is 2.35. The fourth-order valence-corrected chi connectivity index (χ4v) is 1.46. The highest BCUT2D eigenvalue weighted by molar-refractivity contribution is 7.98. The maximum atomic E-state index is 11.2. The van der Waals surface area contributed by atoms with E-state index >= 15 is 0 Å². The van der Waals surface area contributed by atoms with Crippen LogP contribution >= 0.6 is 11.8 Å². The first-order chi connectivity index (χ1) is 8.39. The van der Waals surface area contributed by atoms with Gasteiger partial charge in [-0.2, -0.15) is 0 Å². The first-order valence-electron chi connectivity index (χ1n) is 5.32. The molecule has 0 aliphatic carbocycles. The van der Waals surface area contributed by atoms with Gasteiger partial charge in [-0.3, -0.25) is 4.79 Å². The molecule has 0 aliphatic rings. The van der Waals surface area contributed by atoms with Crippen LogP contribution in [0.3, 0.4) is 0 Å². The lowest BCUT2D eigenvalue weighted by Gasteiger charge is -2.21. The first kappa shape index (κ1) is 14.5. The lowest BCUT2D eigenvalue weighted by molar-refractivity contribution is -0.125. The minimum atomic E-state index is -0.652. The van der Waals surface area contributed by atoms with Crippen LogP contribution < -0.4 is 22.3 Å². The number of hydrazine groups is 1. The Morgan fingerprint density at radius 2 is 2.06 bits per heavy atom. The van der Waals surface area contributed by atoms with Gasteiger partial charge in [-0.1, -0.05) is 11.8 Å². The van der Waals surface area contributed by atoms with Gasteiger partial charge in [0.1, 0.15) is 11.6 Å². The number of nitrogens with zero attached hydrogens (tertiary/aromatic N) is 2. The molecule has 1 rings (SSSR count). The highest BCUT2D eigenvalue weighted by Gasteiger charge is 2.24. The number of anilines is 2. The Balaban J connectivity index is 2.81. The third kappa shape index (κ3) is 3.74. The number of nitrogens with two attached hydrogens (primary N) is 2. The summed E-state index contributed by atoms with van der Waals surface area (Å²) in [6, 6.07) is 1.66. The van der Waals surface area contributed by atoms with Crippen LogP contribution in [0, 0.1) is 5.41 Å². The fraction of sp³-hybridized carbons (Fsp3) is 0.500. The van der Waals surface area contributed by atoms with Crippen molar-refractivity contribution < 1.29 is 4.79 Å². The van der Waals surface area contributed by atoms with Crippen LogP contribution in [0.15, 0.2) is 11.2 Å². The monoisotopic (exact) mass is 270 g/mol. The summed E-state index contributed by atoms with van der Waals surface area (Å²) >= 11 is 1.40. The molecule has 18 heavy (non-hydrogen) atoms. The molecular formula is C10H18N6OS. The van der Waals surface area contributed by atoms with Crippen molar-refractivity contribution in [2.75, 3.05) is 23.5 Å². The topological polar surface area (TPSA) is 119 Å². The van der Waals surface area contributed by atoms with Crippen LogP contribution in [0.1, 0.15) is 13.8 Å². The van der Waals surface area contributed by atoms with Gasteiger partial charge < -0.3 is 16.5 Å². The summed E-state index contributed by atoms with van der Waals surface area (Å²) in [5.41, 5.74) is 7.11. The second-order valence-corrected chi connectivity index (χ2v) is 5.14. The third-order valence-electron chi connectivity index (χ3n) is 2.41. The van der Waals surface area contributed by atoms with Crippen molar-refractivity contribution in [1.82, 2.24) is 9.97 Å². The van der Waals surface area contributed by atoms with Gasteiger partial charge in [0, 0.05) is 12.6 Å². The van der Waals surface area contributed by atoms with Crippen molar-refractivity contribution in [2.24, 2.45) is 17.0 Å². The normalized spacial score (nSPS) is 11.1. The molecule has 7 nitrogen and oxygen atoms in total. The van der Waals surface area contributed by atoms with Gasteiger partial charge in [-0.25, -0.2) is 15.8 Å². The number of amides is 1. The highest BCUT2D eigenvalue weighted by Crippen LogP contribution is 2.19. The van der Waals surface area contributed by atoms with Crippen molar-refractivity contribution in [2.45, 2.75) is 19.0 Å². The van der Waals surface area contributed by atoms with Crippen molar-refractivity contribution in [3.05, 3.63) is 6.07 Å². The molecule has 100 valence electrons. The number of thioether (sulfide) groups is 1. The molecular weight excluding hydrogens is 252 g/mol. The van der Waals surface area contributed by atoms with Gasteiger partial charge in [-0.05, 0) is 20.1 Å². The largest absolute Gasteiger partial charge is 0.369 e. The summed E-state index contributed by atoms with van der Waals surface area (Å²) in [5.74, 6) is 6.05. The molecule has 0 radical (unpaired) electrons. The van der Waals surface area contributed by atoms with E-state index in [2.05, 4.69) is 20.7 Å². The Morgan fingerprint density at radius 1 is 1.44 bits per heavy atom. The van der Waals surface area contributed by atoms with Crippen molar-refractivity contribution in [3.63, 3.8) is 0 Å². The maximum Gasteiger partial charge on any atom is 0.224 e. The summed E-state index contributed by atoms with van der Waals surface area (Å²) in [5, 5.41) is 3.64. The predicted molar refractivity (Wildman–Crippen MR) is 73.1 cm³/mol. The number of rotatable bonds is 6. The number of carbonyl (C=O) groups is 1. The summed E-state index contributed by atoms with van der Waals surface area (Å²) in [6.07, 6.45) is 1.87. The molecule has 1 aromatic heterocycles. The molecule has 8 heteroatoms. The van der Waals surface area contributed by atoms with E-state index in [4.69, 9.17) is 11.6 Å². The standard InChI is InChI=1S/C10H18N6OS/c1-10(2,8(11)17)5-13-6-4-7(16-12)15-9(14-6)18-3/h4H,5,12H2,1-3H3,(H2,11,17)(H2,13,14,15,16). The van der Waals surface area contributed by atoms with Gasteiger partial charge >= 0.3 is 0 Å². The molecule has 0 atom stereocenters.